The maximum atomic E-state index is 13.3. The van der Waals surface area contributed by atoms with E-state index < -0.39 is 21.9 Å². The van der Waals surface area contributed by atoms with Crippen LogP contribution in [0.5, 0.6) is 0 Å². The third-order valence-electron chi connectivity index (χ3n) is 7.51. The molecule has 1 aromatic carbocycles. The smallest absolute Gasteiger partial charge is 0.243 e. The predicted molar refractivity (Wildman–Crippen MR) is 144 cm³/mol. The summed E-state index contributed by atoms with van der Waals surface area (Å²) in [6.07, 6.45) is 3.58. The molecule has 206 valence electrons. The first-order valence-electron chi connectivity index (χ1n) is 13.3. The lowest BCUT2D eigenvalue weighted by molar-refractivity contribution is 0.0883. The van der Waals surface area contributed by atoms with Crippen LogP contribution < -0.4 is 16.0 Å². The zero-order valence-electron chi connectivity index (χ0n) is 21.8. The summed E-state index contributed by atoms with van der Waals surface area (Å²) in [5.41, 5.74) is 1.81. The molecule has 4 heterocycles. The number of piperidine rings is 2. The second kappa shape index (κ2) is 11.1. The Morgan fingerprint density at radius 2 is 1.92 bits per heavy atom. The first-order valence-corrected chi connectivity index (χ1v) is 14.7. The first kappa shape index (κ1) is 26.8. The van der Waals surface area contributed by atoms with Crippen molar-refractivity contribution < 1.29 is 17.9 Å². The van der Waals surface area contributed by atoms with E-state index in [1.54, 1.807) is 0 Å². The van der Waals surface area contributed by atoms with E-state index in [0.717, 1.165) is 30.0 Å². The summed E-state index contributed by atoms with van der Waals surface area (Å²) in [4.78, 5) is 4.95. The zero-order chi connectivity index (χ0) is 26.9. The van der Waals surface area contributed by atoms with Gasteiger partial charge in [0.25, 0.3) is 0 Å². The number of fused-ring (bicyclic) bond motifs is 1. The maximum absolute atomic E-state index is 13.3. The van der Waals surface area contributed by atoms with Gasteiger partial charge in [-0.05, 0) is 56.0 Å². The molecule has 3 aromatic rings. The summed E-state index contributed by atoms with van der Waals surface area (Å²) in [6, 6.07) is 6.94. The highest BCUT2D eigenvalue weighted by molar-refractivity contribution is 7.89. The topological polar surface area (TPSA) is 124 Å². The van der Waals surface area contributed by atoms with Gasteiger partial charge >= 0.3 is 0 Å². The summed E-state index contributed by atoms with van der Waals surface area (Å²) in [5.74, 6) is 1.43. The highest BCUT2D eigenvalue weighted by Crippen LogP contribution is 2.27. The van der Waals surface area contributed by atoms with Crippen LogP contribution in [0.15, 0.2) is 41.4 Å². The van der Waals surface area contributed by atoms with Gasteiger partial charge in [-0.25, -0.2) is 17.8 Å². The van der Waals surface area contributed by atoms with Crippen molar-refractivity contribution in [2.45, 2.75) is 56.1 Å². The van der Waals surface area contributed by atoms with Gasteiger partial charge in [-0.1, -0.05) is 13.8 Å². The third kappa shape index (κ3) is 5.63. The lowest BCUT2D eigenvalue weighted by Crippen LogP contribution is -2.43. The van der Waals surface area contributed by atoms with Crippen LogP contribution in [0.3, 0.4) is 0 Å². The maximum Gasteiger partial charge on any atom is 0.243 e. The molecule has 12 heteroatoms. The van der Waals surface area contributed by atoms with Crippen molar-refractivity contribution in [1.29, 1.82) is 0 Å². The second-order valence-electron chi connectivity index (χ2n) is 10.5. The van der Waals surface area contributed by atoms with Crippen LogP contribution in [0.1, 0.15) is 44.6 Å². The SMILES string of the molecule is CC(C)c1cnn2c(NC3CCN(S(=O)(=O)c4ccc(F)cc4)CC3)cc(NC[C@H]3CCNC[C@@H]3O)nc12. The van der Waals surface area contributed by atoms with Crippen molar-refractivity contribution in [3.63, 3.8) is 0 Å². The Kier molecular flexibility index (Phi) is 7.85. The number of anilines is 2. The number of rotatable bonds is 8. The molecule has 0 amide bonds. The molecule has 2 atom stereocenters. The molecular formula is C26H36FN7O3S. The standard InChI is InChI=1S/C26H36FN7O3S/c1-17(2)22-15-30-34-25(13-24(32-26(22)34)29-14-18-7-10-28-16-23(18)35)31-20-8-11-33(12-9-20)38(36,37)21-5-3-19(27)4-6-21/h3-6,13,15,17-18,20,23,28,31,35H,7-12,14,16H2,1-2H3,(H,29,32)/t18-,23+/m1/s1. The van der Waals surface area contributed by atoms with Crippen LogP contribution >= 0.6 is 0 Å². The molecule has 0 saturated carbocycles. The summed E-state index contributed by atoms with van der Waals surface area (Å²) in [7, 11) is -3.67. The predicted octanol–water partition coefficient (Wildman–Crippen LogP) is 2.64. The molecule has 2 fully saturated rings. The van der Waals surface area contributed by atoms with Gasteiger partial charge in [0.05, 0.1) is 17.2 Å². The number of hydrogen-bond donors (Lipinski definition) is 4. The molecule has 4 N–H and O–H groups in total. The largest absolute Gasteiger partial charge is 0.391 e. The summed E-state index contributed by atoms with van der Waals surface area (Å²) in [6.45, 7) is 7.04. The second-order valence-corrected chi connectivity index (χ2v) is 12.4. The Morgan fingerprint density at radius 1 is 1.18 bits per heavy atom. The van der Waals surface area contributed by atoms with Crippen molar-refractivity contribution in [3.8, 4) is 0 Å². The van der Waals surface area contributed by atoms with Crippen molar-refractivity contribution in [1.82, 2.24) is 24.2 Å². The van der Waals surface area contributed by atoms with E-state index in [0.29, 0.717) is 44.8 Å². The molecule has 2 aliphatic heterocycles. The fraction of sp³-hybridized carbons (Fsp3) is 0.538. The van der Waals surface area contributed by atoms with E-state index in [-0.39, 0.29) is 22.8 Å². The molecular weight excluding hydrogens is 509 g/mol. The van der Waals surface area contributed by atoms with Gasteiger partial charge < -0.3 is 21.1 Å². The van der Waals surface area contributed by atoms with Crippen molar-refractivity contribution in [3.05, 3.63) is 47.9 Å². The summed E-state index contributed by atoms with van der Waals surface area (Å²) >= 11 is 0. The number of benzene rings is 1. The lowest BCUT2D eigenvalue weighted by Gasteiger charge is -2.32. The van der Waals surface area contributed by atoms with E-state index >= 15 is 0 Å². The minimum atomic E-state index is -3.67. The number of aromatic nitrogens is 3. The van der Waals surface area contributed by atoms with Gasteiger partial charge in [-0.15, -0.1) is 0 Å². The van der Waals surface area contributed by atoms with E-state index in [9.17, 15) is 17.9 Å². The Balaban J connectivity index is 1.31. The monoisotopic (exact) mass is 545 g/mol. The number of halogens is 1. The average molecular weight is 546 g/mol. The third-order valence-corrected chi connectivity index (χ3v) is 9.43. The molecule has 2 aliphatic rings. The quantitative estimate of drug-likeness (QED) is 0.341. The van der Waals surface area contributed by atoms with E-state index in [4.69, 9.17) is 4.98 Å². The molecule has 0 unspecified atom stereocenters. The summed E-state index contributed by atoms with van der Waals surface area (Å²) < 4.78 is 42.6. The number of nitrogens with zero attached hydrogens (tertiary/aromatic N) is 4. The number of hydrogen-bond acceptors (Lipinski definition) is 8. The van der Waals surface area contributed by atoms with E-state index in [2.05, 4.69) is 34.9 Å². The number of aliphatic hydroxyl groups is 1. The number of sulfonamides is 1. The zero-order valence-corrected chi connectivity index (χ0v) is 22.6. The fourth-order valence-corrected chi connectivity index (χ4v) is 6.63. The minimum Gasteiger partial charge on any atom is -0.391 e. The van der Waals surface area contributed by atoms with Gasteiger partial charge in [0.2, 0.25) is 10.0 Å². The minimum absolute atomic E-state index is 0.0473. The van der Waals surface area contributed by atoms with Crippen molar-refractivity contribution >= 4 is 27.3 Å². The van der Waals surface area contributed by atoms with Gasteiger partial charge in [0.1, 0.15) is 17.5 Å². The van der Waals surface area contributed by atoms with E-state index in [1.807, 2.05) is 16.8 Å². The lowest BCUT2D eigenvalue weighted by atomic mass is 9.95. The van der Waals surface area contributed by atoms with Gasteiger partial charge in [0, 0.05) is 49.8 Å². The molecule has 2 saturated heterocycles. The van der Waals surface area contributed by atoms with E-state index in [1.165, 1.54) is 28.6 Å². The van der Waals surface area contributed by atoms with Crippen LogP contribution in [-0.4, -0.2) is 77.3 Å². The number of nitrogens with one attached hydrogen (secondary N) is 3. The number of aliphatic hydroxyl groups excluding tert-OH is 1. The molecule has 38 heavy (non-hydrogen) atoms. The van der Waals surface area contributed by atoms with Gasteiger partial charge in [-0.3, -0.25) is 0 Å². The molecule has 0 bridgehead atoms. The van der Waals surface area contributed by atoms with Crippen LogP contribution in [0.2, 0.25) is 0 Å². The van der Waals surface area contributed by atoms with Crippen LogP contribution in [-0.2, 0) is 10.0 Å². The number of β-amino-alcohol motifs (C(OH)–C–C–N with tert-alkyl or cyclic N) is 1. The first-order chi connectivity index (χ1) is 18.2. The Hall–Kier alpha value is -2.80. The fourth-order valence-electron chi connectivity index (χ4n) is 5.16. The normalized spacial score (nSPS) is 21.7. The van der Waals surface area contributed by atoms with Crippen LogP contribution in [0.25, 0.3) is 5.65 Å². The molecule has 0 aliphatic carbocycles. The summed E-state index contributed by atoms with van der Waals surface area (Å²) in [5, 5.41) is 25.1. The molecule has 0 radical (unpaired) electrons. The molecule has 0 spiro atoms. The molecule has 2 aromatic heterocycles. The Bertz CT molecular complexity index is 1360. The van der Waals surface area contributed by atoms with Crippen molar-refractivity contribution in [2.24, 2.45) is 5.92 Å². The van der Waals surface area contributed by atoms with Crippen molar-refractivity contribution in [2.75, 3.05) is 43.4 Å². The van der Waals surface area contributed by atoms with Crippen LogP contribution in [0, 0.1) is 11.7 Å². The molecule has 5 rings (SSSR count). The Morgan fingerprint density at radius 3 is 2.61 bits per heavy atom. The van der Waals surface area contributed by atoms with Gasteiger partial charge in [-0.2, -0.15) is 13.9 Å². The highest BCUT2D eigenvalue weighted by atomic mass is 32.2. The highest BCUT2D eigenvalue weighted by Gasteiger charge is 2.30. The Labute approximate surface area is 222 Å². The molecule has 10 nitrogen and oxygen atoms in total. The van der Waals surface area contributed by atoms with Gasteiger partial charge in [0.15, 0.2) is 5.65 Å². The van der Waals surface area contributed by atoms with Crippen LogP contribution in [0.4, 0.5) is 16.0 Å². The average Bonchev–Trinajstić information content (AvgIpc) is 3.34.